The Morgan fingerprint density at radius 1 is 0.973 bits per heavy atom. The van der Waals surface area contributed by atoms with Gasteiger partial charge in [0.15, 0.2) is 5.75 Å². The molecule has 5 nitrogen and oxygen atoms in total. The van der Waals surface area contributed by atoms with Crippen LogP contribution in [0.25, 0.3) is 10.2 Å². The summed E-state index contributed by atoms with van der Waals surface area (Å²) in [6.07, 6.45) is 1.22. The molecule has 0 aliphatic carbocycles. The van der Waals surface area contributed by atoms with Crippen LogP contribution in [0.3, 0.4) is 0 Å². The molecule has 0 saturated carbocycles. The minimum atomic E-state index is -0.0199. The third kappa shape index (κ3) is 4.91. The van der Waals surface area contributed by atoms with Crippen molar-refractivity contribution in [3.05, 3.63) is 95.0 Å². The molecule has 5 unspecified atom stereocenters. The average Bonchev–Trinajstić information content (AvgIpc) is 3.65. The van der Waals surface area contributed by atoms with Crippen LogP contribution in [-0.2, 0) is 4.89 Å². The van der Waals surface area contributed by atoms with Gasteiger partial charge in [0.2, 0.25) is 0 Å². The number of thiazole rings is 1. The number of fused-ring (bicyclic) bond motifs is 3. The van der Waals surface area contributed by atoms with E-state index in [0.29, 0.717) is 23.9 Å². The van der Waals surface area contributed by atoms with Crippen LogP contribution in [0.4, 0.5) is 0 Å². The Morgan fingerprint density at radius 2 is 1.68 bits per heavy atom. The van der Waals surface area contributed by atoms with Crippen molar-refractivity contribution in [2.24, 2.45) is 5.92 Å². The van der Waals surface area contributed by atoms with Crippen LogP contribution < -0.4 is 10.2 Å². The largest absolute Gasteiger partial charge is 0.337 e. The minimum absolute atomic E-state index is 0.0199. The Bertz CT molecular complexity index is 1290. The summed E-state index contributed by atoms with van der Waals surface area (Å²) in [6.45, 7) is 8.52. The fourth-order valence-corrected chi connectivity index (χ4v) is 6.97. The molecule has 1 N–H and O–H groups in total. The number of nitrogens with one attached hydrogen (secondary N) is 1. The first-order chi connectivity index (χ1) is 18.1. The van der Waals surface area contributed by atoms with Gasteiger partial charge in [0.25, 0.3) is 0 Å². The molecule has 5 atom stereocenters. The molecule has 3 heterocycles. The third-order valence-corrected chi connectivity index (χ3v) is 8.71. The molecule has 37 heavy (non-hydrogen) atoms. The predicted octanol–water partition coefficient (Wildman–Crippen LogP) is 6.57. The van der Waals surface area contributed by atoms with Gasteiger partial charge in [0, 0.05) is 42.2 Å². The molecule has 3 aromatic carbocycles. The summed E-state index contributed by atoms with van der Waals surface area (Å²) in [7, 11) is 0. The minimum Gasteiger partial charge on any atom is -0.337 e. The van der Waals surface area contributed by atoms with E-state index in [9.17, 15) is 0 Å². The SMILES string of the molecule is CC(C)OOc1cc2scnc2cc1C(C)NC1C2CCN(C2)C1C(c1ccccc1)c1ccccc1. The Balaban J connectivity index is 1.34. The van der Waals surface area contributed by atoms with E-state index in [1.807, 2.05) is 19.4 Å². The summed E-state index contributed by atoms with van der Waals surface area (Å²) in [4.78, 5) is 18.7. The first kappa shape index (κ1) is 24.6. The van der Waals surface area contributed by atoms with Crippen LogP contribution in [-0.4, -0.2) is 41.2 Å². The van der Waals surface area contributed by atoms with Crippen molar-refractivity contribution >= 4 is 21.6 Å². The van der Waals surface area contributed by atoms with Crippen molar-refractivity contribution in [3.63, 3.8) is 0 Å². The standard InChI is InChI=1S/C31H35N3O2S/c1-20(2)35-36-27-17-28-26(32-19-37-28)16-25(27)21(3)33-30-24-14-15-34(18-24)31(30)29(22-10-6-4-7-11-22)23-12-8-5-9-13-23/h4-13,16-17,19-21,24,29-31,33H,14-15,18H2,1-3H3. The highest BCUT2D eigenvalue weighted by Crippen LogP contribution is 2.44. The van der Waals surface area contributed by atoms with Gasteiger partial charge < -0.3 is 10.2 Å². The van der Waals surface area contributed by atoms with Crippen LogP contribution in [0.2, 0.25) is 0 Å². The maximum atomic E-state index is 5.87. The molecule has 0 amide bonds. The molecular formula is C31H35N3O2S. The van der Waals surface area contributed by atoms with E-state index in [0.717, 1.165) is 28.1 Å². The van der Waals surface area contributed by atoms with Crippen molar-refractivity contribution in [2.75, 3.05) is 13.1 Å². The van der Waals surface area contributed by atoms with Crippen molar-refractivity contribution in [1.82, 2.24) is 15.2 Å². The van der Waals surface area contributed by atoms with E-state index >= 15 is 0 Å². The van der Waals surface area contributed by atoms with Crippen LogP contribution in [0.1, 0.15) is 55.8 Å². The van der Waals surface area contributed by atoms with Gasteiger partial charge in [-0.25, -0.2) is 4.98 Å². The Hall–Kier alpha value is -2.77. The molecule has 2 bridgehead atoms. The van der Waals surface area contributed by atoms with Gasteiger partial charge in [0.05, 0.1) is 21.8 Å². The lowest BCUT2D eigenvalue weighted by Crippen LogP contribution is -2.51. The normalized spacial score (nSPS) is 23.8. The lowest BCUT2D eigenvalue weighted by molar-refractivity contribution is -0.235. The second-order valence-electron chi connectivity index (χ2n) is 10.7. The van der Waals surface area contributed by atoms with E-state index in [2.05, 4.69) is 94.9 Å². The lowest BCUT2D eigenvalue weighted by atomic mass is 9.78. The topological polar surface area (TPSA) is 46.6 Å². The molecule has 4 aromatic rings. The van der Waals surface area contributed by atoms with Crippen LogP contribution in [0.5, 0.6) is 5.75 Å². The molecule has 0 spiro atoms. The van der Waals surface area contributed by atoms with Gasteiger partial charge in [-0.15, -0.1) is 11.3 Å². The Labute approximate surface area is 223 Å². The van der Waals surface area contributed by atoms with Gasteiger partial charge in [-0.3, -0.25) is 4.90 Å². The van der Waals surface area contributed by atoms with Crippen LogP contribution >= 0.6 is 11.3 Å². The van der Waals surface area contributed by atoms with E-state index < -0.39 is 0 Å². The molecule has 1 aromatic heterocycles. The van der Waals surface area contributed by atoms with Gasteiger partial charge in [-0.1, -0.05) is 60.7 Å². The van der Waals surface area contributed by atoms with E-state index in [1.165, 1.54) is 24.1 Å². The van der Waals surface area contributed by atoms with Crippen molar-refractivity contribution in [1.29, 1.82) is 0 Å². The van der Waals surface area contributed by atoms with Crippen molar-refractivity contribution < 1.29 is 9.78 Å². The number of piperidine rings is 1. The predicted molar refractivity (Wildman–Crippen MR) is 150 cm³/mol. The summed E-state index contributed by atoms with van der Waals surface area (Å²) in [6, 6.07) is 27.1. The Kier molecular flexibility index (Phi) is 7.00. The van der Waals surface area contributed by atoms with Gasteiger partial charge in [-0.05, 0) is 56.8 Å². The molecule has 0 radical (unpaired) electrons. The highest BCUT2D eigenvalue weighted by Gasteiger charge is 2.50. The fourth-order valence-electron chi connectivity index (χ4n) is 6.28. The van der Waals surface area contributed by atoms with Crippen molar-refractivity contribution in [3.8, 4) is 5.75 Å². The molecule has 6 heteroatoms. The molecule has 2 fully saturated rings. The molecular weight excluding hydrogens is 478 g/mol. The lowest BCUT2D eigenvalue weighted by Gasteiger charge is -2.40. The highest BCUT2D eigenvalue weighted by atomic mass is 32.1. The molecule has 192 valence electrons. The zero-order chi connectivity index (χ0) is 25.4. The van der Waals surface area contributed by atoms with Gasteiger partial charge in [0.1, 0.15) is 0 Å². The summed E-state index contributed by atoms with van der Waals surface area (Å²) >= 11 is 1.62. The molecule has 2 saturated heterocycles. The van der Waals surface area contributed by atoms with E-state index in [4.69, 9.17) is 9.78 Å². The zero-order valence-corrected chi connectivity index (χ0v) is 22.5. The summed E-state index contributed by atoms with van der Waals surface area (Å²) in [5.74, 6) is 1.70. The number of aromatic nitrogens is 1. The Morgan fingerprint density at radius 3 is 2.35 bits per heavy atom. The second kappa shape index (κ2) is 10.5. The van der Waals surface area contributed by atoms with E-state index in [-0.39, 0.29) is 12.1 Å². The van der Waals surface area contributed by atoms with Crippen molar-refractivity contribution in [2.45, 2.75) is 57.3 Å². The molecule has 2 aliphatic heterocycles. The number of hydrogen-bond donors (Lipinski definition) is 1. The smallest absolute Gasteiger partial charge is 0.171 e. The van der Waals surface area contributed by atoms with Gasteiger partial charge >= 0.3 is 0 Å². The molecule has 6 rings (SSSR count). The monoisotopic (exact) mass is 513 g/mol. The highest BCUT2D eigenvalue weighted by molar-refractivity contribution is 7.16. The quantitative estimate of drug-likeness (QED) is 0.203. The second-order valence-corrected chi connectivity index (χ2v) is 11.6. The van der Waals surface area contributed by atoms with E-state index in [1.54, 1.807) is 11.3 Å². The number of benzene rings is 3. The molecule has 2 aliphatic rings. The number of hydrogen-bond acceptors (Lipinski definition) is 6. The number of rotatable bonds is 9. The average molecular weight is 514 g/mol. The fraction of sp³-hybridized carbons (Fsp3) is 0.387. The van der Waals surface area contributed by atoms with Crippen LogP contribution in [0, 0.1) is 5.92 Å². The first-order valence-electron chi connectivity index (χ1n) is 13.4. The summed E-state index contributed by atoms with van der Waals surface area (Å²) < 4.78 is 1.11. The zero-order valence-electron chi connectivity index (χ0n) is 21.7. The maximum Gasteiger partial charge on any atom is 0.171 e. The van der Waals surface area contributed by atoms with Gasteiger partial charge in [-0.2, -0.15) is 4.89 Å². The number of nitrogens with zero attached hydrogens (tertiary/aromatic N) is 2. The maximum absolute atomic E-state index is 5.87. The third-order valence-electron chi connectivity index (χ3n) is 7.91. The first-order valence-corrected chi connectivity index (χ1v) is 14.3. The van der Waals surface area contributed by atoms with Crippen LogP contribution in [0.15, 0.2) is 78.3 Å². The summed E-state index contributed by atoms with van der Waals surface area (Å²) in [5, 5.41) is 4.08. The summed E-state index contributed by atoms with van der Waals surface area (Å²) in [5.41, 5.74) is 6.74.